The lowest BCUT2D eigenvalue weighted by Gasteiger charge is -1.94. The van der Waals surface area contributed by atoms with Crippen molar-refractivity contribution in [1.29, 1.82) is 0 Å². The number of hydrogen-bond donors (Lipinski definition) is 0. The highest BCUT2D eigenvalue weighted by molar-refractivity contribution is 7.86. The molecule has 0 aromatic heterocycles. The molecule has 0 bridgehead atoms. The van der Waals surface area contributed by atoms with Crippen LogP contribution in [0.3, 0.4) is 0 Å². The summed E-state index contributed by atoms with van der Waals surface area (Å²) in [6, 6.07) is 5.17. The van der Waals surface area contributed by atoms with Gasteiger partial charge in [-0.15, -0.1) is 10.3 Å². The maximum atomic E-state index is 12.3. The smallest absolute Gasteiger partial charge is 0.189 e. The molecule has 0 aliphatic heterocycles. The summed E-state index contributed by atoms with van der Waals surface area (Å²) in [6.45, 7) is 0. The molecule has 62 valence electrons. The summed E-state index contributed by atoms with van der Waals surface area (Å²) >= 11 is 0. The molecule has 0 saturated carbocycles. The van der Waals surface area contributed by atoms with Crippen molar-refractivity contribution in [2.75, 3.05) is 0 Å². The van der Waals surface area contributed by atoms with Crippen LogP contribution in [0.15, 0.2) is 29.2 Å². The van der Waals surface area contributed by atoms with E-state index in [0.29, 0.717) is 5.56 Å². The normalized spacial score (nSPS) is 10.7. The van der Waals surface area contributed by atoms with E-state index >= 15 is 0 Å². The van der Waals surface area contributed by atoms with Crippen molar-refractivity contribution in [2.45, 2.75) is 4.90 Å². The van der Waals surface area contributed by atoms with Crippen molar-refractivity contribution < 1.29 is 12.3 Å². The first-order valence-electron chi connectivity index (χ1n) is 3.05. The summed E-state index contributed by atoms with van der Waals surface area (Å²) in [5, 5.41) is 0. The number of halogens is 1. The van der Waals surface area contributed by atoms with Gasteiger partial charge >= 0.3 is 10.2 Å². The van der Waals surface area contributed by atoms with Gasteiger partial charge in [-0.3, -0.25) is 0 Å². The van der Waals surface area contributed by atoms with Gasteiger partial charge in [-0.2, -0.15) is 8.42 Å². The maximum Gasteiger partial charge on any atom is 0.332 e. The Labute approximate surface area is 70.2 Å². The molecule has 0 atom stereocenters. The fourth-order valence-corrected chi connectivity index (χ4v) is 1.25. The predicted molar refractivity (Wildman–Crippen MR) is 42.7 cm³/mol. The monoisotopic (exact) mass is 184 g/mol. The summed E-state index contributed by atoms with van der Waals surface area (Å²) in [6.07, 6.45) is 4.99. The first-order chi connectivity index (χ1) is 5.54. The van der Waals surface area contributed by atoms with E-state index in [2.05, 4.69) is 5.92 Å². The summed E-state index contributed by atoms with van der Waals surface area (Å²) in [4.78, 5) is -0.405. The van der Waals surface area contributed by atoms with Crippen molar-refractivity contribution in [3.63, 3.8) is 0 Å². The molecule has 0 amide bonds. The minimum absolute atomic E-state index is 0.341. The third-order valence-electron chi connectivity index (χ3n) is 1.28. The first-order valence-corrected chi connectivity index (χ1v) is 4.44. The Balaban J connectivity index is 3.32. The molecule has 0 N–H and O–H groups in total. The zero-order valence-corrected chi connectivity index (χ0v) is 6.81. The van der Waals surface area contributed by atoms with Gasteiger partial charge in [0.15, 0.2) is 0 Å². The fourth-order valence-electron chi connectivity index (χ4n) is 0.738. The van der Waals surface area contributed by atoms with Crippen LogP contribution in [0.1, 0.15) is 5.56 Å². The molecular weight excluding hydrogens is 179 g/mol. The average molecular weight is 184 g/mol. The predicted octanol–water partition coefficient (Wildman–Crippen LogP) is 1.33. The molecule has 1 aromatic rings. The zero-order valence-electron chi connectivity index (χ0n) is 5.99. The summed E-state index contributed by atoms with van der Waals surface area (Å²) < 4.78 is 33.1. The highest BCUT2D eigenvalue weighted by atomic mass is 32.3. The van der Waals surface area contributed by atoms with E-state index in [0.717, 1.165) is 12.1 Å². The van der Waals surface area contributed by atoms with Crippen LogP contribution >= 0.6 is 0 Å². The Bertz CT molecular complexity index is 429. The van der Waals surface area contributed by atoms with Gasteiger partial charge in [-0.1, -0.05) is 12.0 Å². The Hall–Kier alpha value is -1.34. The lowest BCUT2D eigenvalue weighted by Crippen LogP contribution is -1.91. The van der Waals surface area contributed by atoms with Crippen LogP contribution in [0.5, 0.6) is 0 Å². The van der Waals surface area contributed by atoms with E-state index in [9.17, 15) is 12.3 Å². The van der Waals surface area contributed by atoms with Gasteiger partial charge in [0, 0.05) is 5.56 Å². The highest BCUT2D eigenvalue weighted by Gasteiger charge is 2.10. The molecule has 0 saturated heterocycles. The average Bonchev–Trinajstić information content (AvgIpc) is 2.03. The van der Waals surface area contributed by atoms with Crippen molar-refractivity contribution in [1.82, 2.24) is 0 Å². The zero-order chi connectivity index (χ0) is 9.19. The summed E-state index contributed by atoms with van der Waals surface area (Å²) in [5.74, 6) is 2.21. The molecule has 1 aromatic carbocycles. The van der Waals surface area contributed by atoms with Gasteiger partial charge in [0.2, 0.25) is 0 Å². The minimum atomic E-state index is -4.63. The van der Waals surface area contributed by atoms with E-state index in [1.54, 1.807) is 0 Å². The third kappa shape index (κ3) is 1.83. The minimum Gasteiger partial charge on any atom is -0.189 e. The van der Waals surface area contributed by atoms with Crippen LogP contribution in [0.2, 0.25) is 0 Å². The van der Waals surface area contributed by atoms with E-state index in [1.807, 2.05) is 0 Å². The van der Waals surface area contributed by atoms with Crippen LogP contribution in [-0.2, 0) is 10.2 Å². The standard InChI is InChI=1S/C8H5FO2S/c1-2-7-4-3-5-8(6-7)12(9,10)11/h1,3-6H. The van der Waals surface area contributed by atoms with Crippen LogP contribution in [0.4, 0.5) is 3.89 Å². The molecule has 0 spiro atoms. The van der Waals surface area contributed by atoms with E-state index in [1.165, 1.54) is 12.1 Å². The van der Waals surface area contributed by atoms with E-state index < -0.39 is 15.1 Å². The van der Waals surface area contributed by atoms with Gasteiger partial charge in [0.1, 0.15) is 0 Å². The molecule has 0 heterocycles. The summed E-state index contributed by atoms with van der Waals surface area (Å²) in [7, 11) is -4.63. The Morgan fingerprint density at radius 2 is 2.08 bits per heavy atom. The lowest BCUT2D eigenvalue weighted by molar-refractivity contribution is 0.552. The number of benzene rings is 1. The molecule has 1 rings (SSSR count). The highest BCUT2D eigenvalue weighted by Crippen LogP contribution is 2.12. The van der Waals surface area contributed by atoms with Gasteiger partial charge < -0.3 is 0 Å². The molecule has 0 radical (unpaired) electrons. The maximum absolute atomic E-state index is 12.3. The topological polar surface area (TPSA) is 34.1 Å². The second-order valence-electron chi connectivity index (χ2n) is 2.11. The Morgan fingerprint density at radius 1 is 1.42 bits per heavy atom. The molecule has 0 fully saturated rings. The second-order valence-corrected chi connectivity index (χ2v) is 3.46. The Morgan fingerprint density at radius 3 is 2.58 bits per heavy atom. The number of rotatable bonds is 1. The van der Waals surface area contributed by atoms with Gasteiger partial charge in [0.05, 0.1) is 4.90 Å². The van der Waals surface area contributed by atoms with Crippen LogP contribution < -0.4 is 0 Å². The van der Waals surface area contributed by atoms with Crippen molar-refractivity contribution >= 4 is 10.2 Å². The number of hydrogen-bond acceptors (Lipinski definition) is 2. The van der Waals surface area contributed by atoms with Gasteiger partial charge in [-0.25, -0.2) is 0 Å². The molecule has 0 aliphatic rings. The van der Waals surface area contributed by atoms with E-state index in [-0.39, 0.29) is 0 Å². The molecule has 2 nitrogen and oxygen atoms in total. The third-order valence-corrected chi connectivity index (χ3v) is 2.10. The molecule has 12 heavy (non-hydrogen) atoms. The first kappa shape index (κ1) is 8.75. The summed E-state index contributed by atoms with van der Waals surface area (Å²) in [5.41, 5.74) is 0.341. The van der Waals surface area contributed by atoms with Crippen molar-refractivity contribution in [3.05, 3.63) is 29.8 Å². The van der Waals surface area contributed by atoms with Crippen molar-refractivity contribution in [2.24, 2.45) is 0 Å². The molecule has 0 aliphatic carbocycles. The van der Waals surface area contributed by atoms with Crippen LogP contribution in [-0.4, -0.2) is 8.42 Å². The molecular formula is C8H5FO2S. The van der Waals surface area contributed by atoms with E-state index in [4.69, 9.17) is 6.42 Å². The lowest BCUT2D eigenvalue weighted by atomic mass is 10.2. The SMILES string of the molecule is C#Cc1cccc(S(=O)(=O)F)c1. The molecule has 4 heteroatoms. The number of terminal acetylenes is 1. The van der Waals surface area contributed by atoms with Crippen molar-refractivity contribution in [3.8, 4) is 12.3 Å². The quantitative estimate of drug-likeness (QED) is 0.487. The largest absolute Gasteiger partial charge is 0.332 e. The van der Waals surface area contributed by atoms with Crippen LogP contribution in [0, 0.1) is 12.3 Å². The van der Waals surface area contributed by atoms with Gasteiger partial charge in [-0.05, 0) is 18.2 Å². The van der Waals surface area contributed by atoms with Gasteiger partial charge in [0.25, 0.3) is 0 Å². The Kier molecular flexibility index (Phi) is 2.15. The molecule has 0 unspecified atom stereocenters. The van der Waals surface area contributed by atoms with Crippen LogP contribution in [0.25, 0.3) is 0 Å². The fraction of sp³-hybridized carbons (Fsp3) is 0. The second kappa shape index (κ2) is 2.95.